The number of hydrogen-bond donors (Lipinski definition) is 4. The molecule has 8 heteroatoms. The van der Waals surface area contributed by atoms with E-state index in [-0.39, 0.29) is 5.52 Å². The smallest absolute Gasteiger partial charge is 0.163 e. The van der Waals surface area contributed by atoms with E-state index in [2.05, 4.69) is 0 Å². The van der Waals surface area contributed by atoms with Gasteiger partial charge >= 0.3 is 0 Å². The van der Waals surface area contributed by atoms with E-state index in [4.69, 9.17) is 9.47 Å². The second-order valence-corrected chi connectivity index (χ2v) is 7.67. The molecular formula is C23H26FNO6. The SMILES string of the molecule is CCOc1ccc(Cc2cn([C@@H]3O[C@H](CO)[C@@H](O)[C@H](O)[C@H]3O)c3c(F)cccc23)cc1. The van der Waals surface area contributed by atoms with Crippen LogP contribution >= 0.6 is 0 Å². The second kappa shape index (κ2) is 8.94. The maximum atomic E-state index is 14.8. The molecule has 5 atom stereocenters. The summed E-state index contributed by atoms with van der Waals surface area (Å²) >= 11 is 0. The molecule has 0 aliphatic carbocycles. The number of fused-ring (bicyclic) bond motifs is 1. The van der Waals surface area contributed by atoms with Gasteiger partial charge in [-0.15, -0.1) is 0 Å². The number of rotatable bonds is 6. The summed E-state index contributed by atoms with van der Waals surface area (Å²) < 4.78 is 27.4. The summed E-state index contributed by atoms with van der Waals surface area (Å²) in [6.07, 6.45) is -4.62. The van der Waals surface area contributed by atoms with Gasteiger partial charge in [0.05, 0.1) is 18.7 Å². The normalized spacial score (nSPS) is 26.3. The summed E-state index contributed by atoms with van der Waals surface area (Å²) in [5.41, 5.74) is 2.00. The van der Waals surface area contributed by atoms with E-state index in [0.29, 0.717) is 18.4 Å². The highest BCUT2D eigenvalue weighted by molar-refractivity contribution is 5.85. The van der Waals surface area contributed by atoms with Gasteiger partial charge in [0.15, 0.2) is 6.23 Å². The summed E-state index contributed by atoms with van der Waals surface area (Å²) in [6, 6.07) is 12.3. The predicted octanol–water partition coefficient (Wildman–Crippen LogP) is 1.74. The Balaban J connectivity index is 1.73. The van der Waals surface area contributed by atoms with Crippen LogP contribution in [0.25, 0.3) is 10.9 Å². The Morgan fingerprint density at radius 3 is 2.45 bits per heavy atom. The third-order valence-electron chi connectivity index (χ3n) is 5.66. The van der Waals surface area contributed by atoms with E-state index < -0.39 is 43.1 Å². The van der Waals surface area contributed by atoms with Crippen molar-refractivity contribution < 1.29 is 34.3 Å². The molecule has 1 aliphatic rings. The highest BCUT2D eigenvalue weighted by atomic mass is 19.1. The second-order valence-electron chi connectivity index (χ2n) is 7.67. The van der Waals surface area contributed by atoms with Crippen LogP contribution in [0.15, 0.2) is 48.7 Å². The number of aliphatic hydroxyl groups is 4. The van der Waals surface area contributed by atoms with Crippen molar-refractivity contribution in [3.8, 4) is 5.75 Å². The van der Waals surface area contributed by atoms with Gasteiger partial charge in [-0.25, -0.2) is 4.39 Å². The third kappa shape index (κ3) is 4.05. The molecule has 7 nitrogen and oxygen atoms in total. The molecule has 2 heterocycles. The summed E-state index contributed by atoms with van der Waals surface area (Å²) in [5.74, 6) is 0.258. The van der Waals surface area contributed by atoms with Gasteiger partial charge in [0, 0.05) is 11.6 Å². The first-order valence-corrected chi connectivity index (χ1v) is 10.2. The van der Waals surface area contributed by atoms with Crippen LogP contribution in [0.4, 0.5) is 4.39 Å². The van der Waals surface area contributed by atoms with Gasteiger partial charge in [-0.1, -0.05) is 24.3 Å². The minimum atomic E-state index is -1.55. The fourth-order valence-electron chi connectivity index (χ4n) is 4.08. The predicted molar refractivity (Wildman–Crippen MR) is 111 cm³/mol. The van der Waals surface area contributed by atoms with Crippen LogP contribution in [0.2, 0.25) is 0 Å². The number of para-hydroxylation sites is 1. The summed E-state index contributed by atoms with van der Waals surface area (Å²) in [7, 11) is 0. The Bertz CT molecular complexity index is 1030. The van der Waals surface area contributed by atoms with Gasteiger partial charge in [-0.2, -0.15) is 0 Å². The van der Waals surface area contributed by atoms with Gasteiger partial charge in [0.25, 0.3) is 0 Å². The van der Waals surface area contributed by atoms with Crippen LogP contribution < -0.4 is 4.74 Å². The topological polar surface area (TPSA) is 104 Å². The van der Waals surface area contributed by atoms with Gasteiger partial charge < -0.3 is 34.5 Å². The van der Waals surface area contributed by atoms with Crippen molar-refractivity contribution in [1.29, 1.82) is 0 Å². The molecule has 1 aliphatic heterocycles. The first-order valence-electron chi connectivity index (χ1n) is 10.2. The molecule has 1 aromatic heterocycles. The fraction of sp³-hybridized carbons (Fsp3) is 0.391. The number of aromatic nitrogens is 1. The Labute approximate surface area is 178 Å². The van der Waals surface area contributed by atoms with E-state index in [1.165, 1.54) is 10.6 Å². The zero-order valence-corrected chi connectivity index (χ0v) is 17.1. The number of benzene rings is 2. The molecule has 166 valence electrons. The quantitative estimate of drug-likeness (QED) is 0.474. The minimum absolute atomic E-state index is 0.216. The molecule has 0 amide bonds. The molecule has 3 aromatic rings. The van der Waals surface area contributed by atoms with Crippen molar-refractivity contribution in [1.82, 2.24) is 4.57 Å². The molecule has 2 aromatic carbocycles. The molecular weight excluding hydrogens is 405 g/mol. The molecule has 0 unspecified atom stereocenters. The fourth-order valence-corrected chi connectivity index (χ4v) is 4.08. The number of nitrogens with zero attached hydrogens (tertiary/aromatic N) is 1. The molecule has 4 rings (SSSR count). The molecule has 4 N–H and O–H groups in total. The average Bonchev–Trinajstić information content (AvgIpc) is 3.13. The van der Waals surface area contributed by atoms with Gasteiger partial charge in [0.1, 0.15) is 36.0 Å². The maximum Gasteiger partial charge on any atom is 0.163 e. The zero-order chi connectivity index (χ0) is 22.1. The molecule has 31 heavy (non-hydrogen) atoms. The highest BCUT2D eigenvalue weighted by Crippen LogP contribution is 2.35. The Kier molecular flexibility index (Phi) is 6.27. The molecule has 0 radical (unpaired) electrons. The van der Waals surface area contributed by atoms with Crippen molar-refractivity contribution in [2.75, 3.05) is 13.2 Å². The van der Waals surface area contributed by atoms with Crippen LogP contribution in [-0.4, -0.2) is 62.6 Å². The number of hydrogen-bond acceptors (Lipinski definition) is 6. The Hall–Kier alpha value is -2.49. The molecule has 0 saturated carbocycles. The van der Waals surface area contributed by atoms with E-state index in [1.807, 2.05) is 31.2 Å². The summed E-state index contributed by atoms with van der Waals surface area (Å²) in [6.45, 7) is 1.93. The van der Waals surface area contributed by atoms with Crippen molar-refractivity contribution in [2.24, 2.45) is 0 Å². The summed E-state index contributed by atoms with van der Waals surface area (Å²) in [4.78, 5) is 0. The molecule has 1 fully saturated rings. The van der Waals surface area contributed by atoms with E-state index in [1.54, 1.807) is 18.3 Å². The lowest BCUT2D eigenvalue weighted by molar-refractivity contribution is -0.250. The Morgan fingerprint density at radius 1 is 1.03 bits per heavy atom. The lowest BCUT2D eigenvalue weighted by atomic mass is 9.98. The highest BCUT2D eigenvalue weighted by Gasteiger charge is 2.44. The first-order chi connectivity index (χ1) is 14.9. The van der Waals surface area contributed by atoms with Crippen LogP contribution in [0.5, 0.6) is 5.75 Å². The van der Waals surface area contributed by atoms with Crippen LogP contribution in [0, 0.1) is 5.82 Å². The van der Waals surface area contributed by atoms with Crippen LogP contribution in [-0.2, 0) is 11.2 Å². The lowest BCUT2D eigenvalue weighted by Gasteiger charge is -2.40. The van der Waals surface area contributed by atoms with Gasteiger partial charge in [-0.3, -0.25) is 0 Å². The van der Waals surface area contributed by atoms with Crippen LogP contribution in [0.3, 0.4) is 0 Å². The molecule has 0 bridgehead atoms. The molecule has 1 saturated heterocycles. The van der Waals surface area contributed by atoms with Crippen molar-refractivity contribution in [3.63, 3.8) is 0 Å². The van der Waals surface area contributed by atoms with Gasteiger partial charge in [0.2, 0.25) is 0 Å². The number of aliphatic hydroxyl groups excluding tert-OH is 4. The van der Waals surface area contributed by atoms with Crippen molar-refractivity contribution in [3.05, 3.63) is 65.6 Å². The lowest BCUT2D eigenvalue weighted by Crippen LogP contribution is -2.56. The molecule has 0 spiro atoms. The Morgan fingerprint density at radius 2 is 1.77 bits per heavy atom. The van der Waals surface area contributed by atoms with Crippen LogP contribution in [0.1, 0.15) is 24.3 Å². The monoisotopic (exact) mass is 431 g/mol. The van der Waals surface area contributed by atoms with E-state index in [9.17, 15) is 24.8 Å². The zero-order valence-electron chi connectivity index (χ0n) is 17.1. The average molecular weight is 431 g/mol. The van der Waals surface area contributed by atoms with E-state index in [0.717, 1.165) is 16.9 Å². The minimum Gasteiger partial charge on any atom is -0.494 e. The number of ether oxygens (including phenoxy) is 2. The van der Waals surface area contributed by atoms with Crippen molar-refractivity contribution in [2.45, 2.75) is 44.0 Å². The van der Waals surface area contributed by atoms with E-state index >= 15 is 0 Å². The van der Waals surface area contributed by atoms with Crippen molar-refractivity contribution >= 4 is 10.9 Å². The third-order valence-corrected chi connectivity index (χ3v) is 5.66. The first kappa shape index (κ1) is 21.7. The van der Waals surface area contributed by atoms with Gasteiger partial charge in [-0.05, 0) is 42.7 Å². The number of halogens is 1. The maximum absolute atomic E-state index is 14.8. The summed E-state index contributed by atoms with van der Waals surface area (Å²) in [5, 5.41) is 40.9. The standard InChI is InChI=1S/C23H26FNO6/c1-2-30-15-8-6-13(7-9-15)10-14-11-25(19-16(14)4-3-5-17(19)24)23-22(29)21(28)20(27)18(12-26)31-23/h3-9,11,18,20-23,26-29H,2,10,12H2,1H3/t18-,20-,21+,22-,23-/m1/s1. The largest absolute Gasteiger partial charge is 0.494 e.